The number of para-hydroxylation sites is 1. The summed E-state index contributed by atoms with van der Waals surface area (Å²) in [4.78, 5) is 12.1. The van der Waals surface area contributed by atoms with E-state index < -0.39 is 0 Å². The van der Waals surface area contributed by atoms with Crippen LogP contribution in [0, 0.1) is 5.41 Å². The Morgan fingerprint density at radius 3 is 2.95 bits per heavy atom. The number of benzene rings is 1. The van der Waals surface area contributed by atoms with E-state index in [0.29, 0.717) is 24.4 Å². The zero-order valence-electron chi connectivity index (χ0n) is 12.7. The van der Waals surface area contributed by atoms with E-state index in [9.17, 15) is 4.79 Å². The average Bonchev–Trinajstić information content (AvgIpc) is 2.95. The van der Waals surface area contributed by atoms with Crippen LogP contribution in [-0.4, -0.2) is 28.4 Å². The van der Waals surface area contributed by atoms with Gasteiger partial charge in [0, 0.05) is 24.1 Å². The highest BCUT2D eigenvalue weighted by Crippen LogP contribution is 2.14. The van der Waals surface area contributed by atoms with Crippen LogP contribution in [0.4, 0.5) is 0 Å². The lowest BCUT2D eigenvalue weighted by Gasteiger charge is -2.05. The molecule has 0 fully saturated rings. The Kier molecular flexibility index (Phi) is 5.89. The number of nitrogens with one attached hydrogen (secondary N) is 3. The van der Waals surface area contributed by atoms with Crippen molar-refractivity contribution in [2.45, 2.75) is 32.1 Å². The minimum atomic E-state index is -0.197. The Labute approximate surface area is 130 Å². The predicted molar refractivity (Wildman–Crippen MR) is 89.4 cm³/mol. The van der Waals surface area contributed by atoms with Crippen molar-refractivity contribution < 1.29 is 4.79 Å². The van der Waals surface area contributed by atoms with E-state index in [2.05, 4.69) is 22.1 Å². The number of amides is 1. The second kappa shape index (κ2) is 8.12. The normalized spacial score (nSPS) is 10.5. The smallest absolute Gasteiger partial charge is 0.272 e. The molecule has 5 heteroatoms. The van der Waals surface area contributed by atoms with Crippen LogP contribution in [-0.2, 0) is 0 Å². The molecule has 0 aliphatic carbocycles. The number of carbonyl (C=O) groups excluding carboxylic acids is 1. The van der Waals surface area contributed by atoms with Crippen LogP contribution >= 0.6 is 0 Å². The number of unbranched alkanes of at least 4 members (excludes halogenated alkanes) is 2. The van der Waals surface area contributed by atoms with E-state index in [4.69, 9.17) is 5.41 Å². The molecule has 2 rings (SSSR count). The van der Waals surface area contributed by atoms with Crippen molar-refractivity contribution in [2.24, 2.45) is 0 Å². The minimum absolute atomic E-state index is 0.197. The maximum atomic E-state index is 12.1. The van der Waals surface area contributed by atoms with Crippen molar-refractivity contribution in [2.75, 3.05) is 6.54 Å². The first-order valence-corrected chi connectivity index (χ1v) is 7.61. The fourth-order valence-electron chi connectivity index (χ4n) is 2.30. The van der Waals surface area contributed by atoms with E-state index in [1.807, 2.05) is 30.3 Å². The molecule has 0 radical (unpaired) electrons. The van der Waals surface area contributed by atoms with Crippen molar-refractivity contribution in [3.8, 4) is 0 Å². The van der Waals surface area contributed by atoms with E-state index in [0.717, 1.165) is 36.6 Å². The van der Waals surface area contributed by atoms with Gasteiger partial charge in [-0.25, -0.2) is 0 Å². The molecule has 116 valence electrons. The number of fused-ring (bicyclic) bond motifs is 1. The molecule has 0 unspecified atom stereocenters. The Balaban J connectivity index is 1.76. The molecule has 0 spiro atoms. The first-order valence-electron chi connectivity index (χ1n) is 7.61. The maximum Gasteiger partial charge on any atom is 0.272 e. The SMILES string of the molecule is C=CCCCCC(=N)CCNC(=O)c1n[nH]c2ccccc12. The number of allylic oxidation sites excluding steroid dienone is 1. The Morgan fingerprint density at radius 2 is 2.14 bits per heavy atom. The fourth-order valence-corrected chi connectivity index (χ4v) is 2.30. The zero-order chi connectivity index (χ0) is 15.8. The average molecular weight is 298 g/mol. The topological polar surface area (TPSA) is 81.6 Å². The maximum absolute atomic E-state index is 12.1. The number of hydrogen-bond donors (Lipinski definition) is 3. The van der Waals surface area contributed by atoms with Gasteiger partial charge in [0.15, 0.2) is 5.69 Å². The molecule has 0 saturated heterocycles. The summed E-state index contributed by atoms with van der Waals surface area (Å²) in [5, 5.41) is 18.4. The third-order valence-electron chi connectivity index (χ3n) is 3.53. The van der Waals surface area contributed by atoms with Gasteiger partial charge in [0.1, 0.15) is 0 Å². The van der Waals surface area contributed by atoms with Crippen LogP contribution in [0.25, 0.3) is 10.9 Å². The number of carbonyl (C=O) groups is 1. The second-order valence-corrected chi connectivity index (χ2v) is 5.26. The van der Waals surface area contributed by atoms with Gasteiger partial charge in [-0.2, -0.15) is 5.10 Å². The molecule has 0 aliphatic heterocycles. The molecule has 1 aromatic carbocycles. The molecule has 22 heavy (non-hydrogen) atoms. The molecule has 5 nitrogen and oxygen atoms in total. The van der Waals surface area contributed by atoms with Crippen molar-refractivity contribution in [1.29, 1.82) is 5.41 Å². The molecule has 0 bridgehead atoms. The lowest BCUT2D eigenvalue weighted by molar-refractivity contribution is 0.0951. The lowest BCUT2D eigenvalue weighted by atomic mass is 10.1. The summed E-state index contributed by atoms with van der Waals surface area (Å²) < 4.78 is 0. The van der Waals surface area contributed by atoms with Crippen molar-refractivity contribution in [3.05, 3.63) is 42.6 Å². The Hall–Kier alpha value is -2.43. The van der Waals surface area contributed by atoms with Crippen molar-refractivity contribution in [3.63, 3.8) is 0 Å². The van der Waals surface area contributed by atoms with Gasteiger partial charge < -0.3 is 10.7 Å². The van der Waals surface area contributed by atoms with Crippen LogP contribution in [0.2, 0.25) is 0 Å². The van der Waals surface area contributed by atoms with E-state index >= 15 is 0 Å². The van der Waals surface area contributed by atoms with Crippen molar-refractivity contribution >= 4 is 22.5 Å². The minimum Gasteiger partial charge on any atom is -0.350 e. The van der Waals surface area contributed by atoms with Gasteiger partial charge in [-0.15, -0.1) is 6.58 Å². The first kappa shape index (κ1) is 15.9. The fraction of sp³-hybridized carbons (Fsp3) is 0.353. The molecule has 1 aromatic heterocycles. The summed E-state index contributed by atoms with van der Waals surface area (Å²) >= 11 is 0. The van der Waals surface area contributed by atoms with Crippen LogP contribution < -0.4 is 5.32 Å². The monoisotopic (exact) mass is 298 g/mol. The molecular weight excluding hydrogens is 276 g/mol. The van der Waals surface area contributed by atoms with Gasteiger partial charge in [-0.1, -0.05) is 24.3 Å². The first-order chi connectivity index (χ1) is 10.7. The number of nitrogens with zero attached hydrogens (tertiary/aromatic N) is 1. The third-order valence-corrected chi connectivity index (χ3v) is 3.53. The number of aromatic amines is 1. The van der Waals surface area contributed by atoms with E-state index in [1.54, 1.807) is 0 Å². The molecule has 2 aromatic rings. The van der Waals surface area contributed by atoms with E-state index in [-0.39, 0.29) is 5.91 Å². The Morgan fingerprint density at radius 1 is 1.32 bits per heavy atom. The number of rotatable bonds is 9. The van der Waals surface area contributed by atoms with Gasteiger partial charge in [0.2, 0.25) is 0 Å². The zero-order valence-corrected chi connectivity index (χ0v) is 12.7. The number of hydrogen-bond acceptors (Lipinski definition) is 3. The van der Waals surface area contributed by atoms with Gasteiger partial charge in [0.05, 0.1) is 5.52 Å². The summed E-state index contributed by atoms with van der Waals surface area (Å²) in [6.45, 7) is 4.16. The van der Waals surface area contributed by atoms with Gasteiger partial charge in [-0.3, -0.25) is 9.89 Å². The molecule has 3 N–H and O–H groups in total. The third kappa shape index (κ3) is 4.28. The van der Waals surface area contributed by atoms with Gasteiger partial charge in [-0.05, 0) is 31.7 Å². The van der Waals surface area contributed by atoms with E-state index in [1.165, 1.54) is 0 Å². The number of aromatic nitrogens is 2. The molecule has 1 heterocycles. The quantitative estimate of drug-likeness (QED) is 0.376. The van der Waals surface area contributed by atoms with Crippen LogP contribution in [0.3, 0.4) is 0 Å². The summed E-state index contributed by atoms with van der Waals surface area (Å²) in [5.41, 5.74) is 1.94. The largest absolute Gasteiger partial charge is 0.350 e. The lowest BCUT2D eigenvalue weighted by Crippen LogP contribution is -2.26. The van der Waals surface area contributed by atoms with Crippen LogP contribution in [0.15, 0.2) is 36.9 Å². The summed E-state index contributed by atoms with van der Waals surface area (Å²) in [6.07, 6.45) is 6.34. The summed E-state index contributed by atoms with van der Waals surface area (Å²) in [5.74, 6) is -0.197. The molecule has 0 aliphatic rings. The predicted octanol–water partition coefficient (Wildman–Crippen LogP) is 3.45. The van der Waals surface area contributed by atoms with Gasteiger partial charge >= 0.3 is 0 Å². The molecule has 0 atom stereocenters. The molecule has 1 amide bonds. The van der Waals surface area contributed by atoms with Crippen LogP contribution in [0.5, 0.6) is 0 Å². The number of H-pyrrole nitrogens is 1. The molecular formula is C17H22N4O. The van der Waals surface area contributed by atoms with Crippen LogP contribution in [0.1, 0.15) is 42.6 Å². The highest BCUT2D eigenvalue weighted by molar-refractivity contribution is 6.04. The van der Waals surface area contributed by atoms with Crippen molar-refractivity contribution in [1.82, 2.24) is 15.5 Å². The summed E-state index contributed by atoms with van der Waals surface area (Å²) in [6, 6.07) is 7.54. The second-order valence-electron chi connectivity index (χ2n) is 5.26. The summed E-state index contributed by atoms with van der Waals surface area (Å²) in [7, 11) is 0. The standard InChI is InChI=1S/C17H22N4O/c1-2-3-4-5-8-13(18)11-12-19-17(22)16-14-9-6-7-10-15(14)20-21-16/h2,6-7,9-10,18H,1,3-5,8,11-12H2,(H,19,22)(H,20,21). The highest BCUT2D eigenvalue weighted by atomic mass is 16.1. The molecule has 0 saturated carbocycles. The van der Waals surface area contributed by atoms with Gasteiger partial charge in [0.25, 0.3) is 5.91 Å². The highest BCUT2D eigenvalue weighted by Gasteiger charge is 2.13. The Bertz CT molecular complexity index is 659.